The largest absolute Gasteiger partial charge is 0.494 e. The third kappa shape index (κ3) is 5.93. The molecule has 1 heterocycles. The van der Waals surface area contributed by atoms with E-state index in [0.29, 0.717) is 18.1 Å². The molecule has 5 nitrogen and oxygen atoms in total. The predicted molar refractivity (Wildman–Crippen MR) is 115 cm³/mol. The SMILES string of the molecule is CC.CCOc1ccccc1Cc1cc(C2CC(O)[C@H](O)C(CO)O2)ccc1Cl. The molecule has 3 unspecified atom stereocenters. The smallest absolute Gasteiger partial charge is 0.122 e. The van der Waals surface area contributed by atoms with Gasteiger partial charge in [0.05, 0.1) is 25.4 Å². The maximum absolute atomic E-state index is 10.1. The van der Waals surface area contributed by atoms with Crippen molar-refractivity contribution in [3.8, 4) is 5.75 Å². The molecule has 0 saturated carbocycles. The number of benzene rings is 2. The van der Waals surface area contributed by atoms with Crippen molar-refractivity contribution >= 4 is 11.6 Å². The van der Waals surface area contributed by atoms with Crippen molar-refractivity contribution < 1.29 is 24.8 Å². The van der Waals surface area contributed by atoms with Crippen molar-refractivity contribution in [2.75, 3.05) is 13.2 Å². The number of para-hydroxylation sites is 1. The maximum atomic E-state index is 10.1. The van der Waals surface area contributed by atoms with Gasteiger partial charge >= 0.3 is 0 Å². The highest BCUT2D eigenvalue weighted by atomic mass is 35.5. The third-order valence-electron chi connectivity index (χ3n) is 4.84. The van der Waals surface area contributed by atoms with E-state index < -0.39 is 24.4 Å². The van der Waals surface area contributed by atoms with E-state index in [9.17, 15) is 15.3 Å². The molecule has 6 heteroatoms. The van der Waals surface area contributed by atoms with E-state index >= 15 is 0 Å². The summed E-state index contributed by atoms with van der Waals surface area (Å²) in [5.74, 6) is 0.828. The lowest BCUT2D eigenvalue weighted by Crippen LogP contribution is -2.47. The molecule has 0 bridgehead atoms. The van der Waals surface area contributed by atoms with Gasteiger partial charge in [-0.15, -0.1) is 0 Å². The van der Waals surface area contributed by atoms with Gasteiger partial charge in [-0.3, -0.25) is 0 Å². The van der Waals surface area contributed by atoms with E-state index in [0.717, 1.165) is 22.4 Å². The molecule has 0 spiro atoms. The third-order valence-corrected chi connectivity index (χ3v) is 5.21. The highest BCUT2D eigenvalue weighted by Crippen LogP contribution is 2.34. The Kier molecular flexibility index (Phi) is 9.40. The van der Waals surface area contributed by atoms with E-state index in [-0.39, 0.29) is 13.0 Å². The molecule has 0 radical (unpaired) electrons. The molecule has 3 N–H and O–H groups in total. The van der Waals surface area contributed by atoms with Crippen molar-refractivity contribution in [2.45, 2.75) is 58.0 Å². The minimum atomic E-state index is -1.09. The average molecular weight is 423 g/mol. The average Bonchev–Trinajstić information content (AvgIpc) is 2.74. The van der Waals surface area contributed by atoms with Crippen LogP contribution in [0.1, 0.15) is 50.0 Å². The molecule has 2 aromatic rings. The van der Waals surface area contributed by atoms with Gasteiger partial charge in [-0.25, -0.2) is 0 Å². The fraction of sp³-hybridized carbons (Fsp3) is 0.478. The zero-order valence-electron chi connectivity index (χ0n) is 17.2. The molecule has 1 saturated heterocycles. The highest BCUT2D eigenvalue weighted by Gasteiger charge is 2.37. The summed E-state index contributed by atoms with van der Waals surface area (Å²) in [6, 6.07) is 13.5. The summed E-state index contributed by atoms with van der Waals surface area (Å²) in [4.78, 5) is 0. The van der Waals surface area contributed by atoms with Gasteiger partial charge in [0.25, 0.3) is 0 Å². The number of hydrogen-bond donors (Lipinski definition) is 3. The zero-order valence-corrected chi connectivity index (χ0v) is 18.0. The lowest BCUT2D eigenvalue weighted by atomic mass is 9.92. The second kappa shape index (κ2) is 11.5. The van der Waals surface area contributed by atoms with Crippen LogP contribution < -0.4 is 4.74 Å². The Morgan fingerprint density at radius 3 is 2.52 bits per heavy atom. The first kappa shape index (κ1) is 23.6. The van der Waals surface area contributed by atoms with E-state index in [1.165, 1.54) is 0 Å². The molecule has 2 aromatic carbocycles. The van der Waals surface area contributed by atoms with Crippen LogP contribution in [-0.2, 0) is 11.2 Å². The quantitative estimate of drug-likeness (QED) is 0.658. The Bertz CT molecular complexity index is 767. The molecule has 160 valence electrons. The lowest BCUT2D eigenvalue weighted by molar-refractivity contribution is -0.181. The number of hydrogen-bond acceptors (Lipinski definition) is 5. The molecule has 3 rings (SSSR count). The van der Waals surface area contributed by atoms with Crippen LogP contribution in [0.5, 0.6) is 5.75 Å². The molecular weight excluding hydrogens is 392 g/mol. The summed E-state index contributed by atoms with van der Waals surface area (Å²) in [6.45, 7) is 6.18. The predicted octanol–water partition coefficient (Wildman–Crippen LogP) is 3.90. The summed E-state index contributed by atoms with van der Waals surface area (Å²) in [7, 11) is 0. The van der Waals surface area contributed by atoms with Crippen molar-refractivity contribution in [2.24, 2.45) is 0 Å². The number of aliphatic hydroxyl groups is 3. The lowest BCUT2D eigenvalue weighted by Gasteiger charge is -2.36. The minimum absolute atomic E-state index is 0.258. The molecule has 4 atom stereocenters. The molecule has 1 aliphatic rings. The Balaban J connectivity index is 0.00000145. The van der Waals surface area contributed by atoms with E-state index in [1.54, 1.807) is 0 Å². The van der Waals surface area contributed by atoms with Gasteiger partial charge < -0.3 is 24.8 Å². The molecule has 0 aromatic heterocycles. The number of ether oxygens (including phenoxy) is 2. The van der Waals surface area contributed by atoms with Crippen LogP contribution in [0, 0.1) is 0 Å². The molecule has 0 amide bonds. The fourth-order valence-corrected chi connectivity index (χ4v) is 3.59. The first-order valence-electron chi connectivity index (χ1n) is 10.1. The topological polar surface area (TPSA) is 79.2 Å². The van der Waals surface area contributed by atoms with Gasteiger partial charge in [-0.05, 0) is 35.7 Å². The van der Waals surface area contributed by atoms with Crippen LogP contribution in [0.2, 0.25) is 5.02 Å². The Labute approximate surface area is 177 Å². The summed E-state index contributed by atoms with van der Waals surface area (Å²) in [5, 5.41) is 30.0. The Morgan fingerprint density at radius 2 is 1.83 bits per heavy atom. The van der Waals surface area contributed by atoms with Crippen molar-refractivity contribution in [3.63, 3.8) is 0 Å². The Morgan fingerprint density at radius 1 is 1.10 bits per heavy atom. The summed E-state index contributed by atoms with van der Waals surface area (Å²) < 4.78 is 11.5. The highest BCUT2D eigenvalue weighted by molar-refractivity contribution is 6.31. The van der Waals surface area contributed by atoms with Gasteiger partial charge in [-0.1, -0.05) is 55.8 Å². The second-order valence-corrected chi connectivity index (χ2v) is 7.11. The fourth-order valence-electron chi connectivity index (χ4n) is 3.40. The normalized spacial score (nSPS) is 23.8. The summed E-state index contributed by atoms with van der Waals surface area (Å²) >= 11 is 6.41. The van der Waals surface area contributed by atoms with Crippen LogP contribution in [0.3, 0.4) is 0 Å². The van der Waals surface area contributed by atoms with Crippen LogP contribution in [0.4, 0.5) is 0 Å². The first-order chi connectivity index (χ1) is 14.0. The van der Waals surface area contributed by atoms with Crippen LogP contribution in [0.25, 0.3) is 0 Å². The van der Waals surface area contributed by atoms with E-state index in [2.05, 4.69) is 0 Å². The van der Waals surface area contributed by atoms with E-state index in [1.807, 2.05) is 63.2 Å². The summed E-state index contributed by atoms with van der Waals surface area (Å²) in [6.07, 6.45) is -2.40. The summed E-state index contributed by atoms with van der Waals surface area (Å²) in [5.41, 5.74) is 2.81. The molecule has 1 aliphatic heterocycles. The Hall–Kier alpha value is -1.63. The van der Waals surface area contributed by atoms with Crippen molar-refractivity contribution in [1.29, 1.82) is 0 Å². The number of rotatable bonds is 6. The van der Waals surface area contributed by atoms with Gasteiger partial charge in [-0.2, -0.15) is 0 Å². The number of halogens is 1. The van der Waals surface area contributed by atoms with Gasteiger partial charge in [0, 0.05) is 17.9 Å². The van der Waals surface area contributed by atoms with Gasteiger partial charge in [0.2, 0.25) is 0 Å². The maximum Gasteiger partial charge on any atom is 0.122 e. The van der Waals surface area contributed by atoms with Crippen LogP contribution in [0.15, 0.2) is 42.5 Å². The standard InChI is InChI=1S/C21H25ClO5.C2H6/c1-2-26-18-6-4-3-5-13(18)9-15-10-14(7-8-16(15)22)19-11-17(24)21(25)20(12-23)27-19;1-2/h3-8,10,17,19-21,23-25H,2,9,11-12H2,1H3;1-2H3/t17?,19?,20?,21-;/m0./s1. The van der Waals surface area contributed by atoms with Crippen molar-refractivity contribution in [3.05, 3.63) is 64.2 Å². The van der Waals surface area contributed by atoms with Crippen molar-refractivity contribution in [1.82, 2.24) is 0 Å². The first-order valence-corrected chi connectivity index (χ1v) is 10.5. The monoisotopic (exact) mass is 422 g/mol. The molecule has 29 heavy (non-hydrogen) atoms. The minimum Gasteiger partial charge on any atom is -0.494 e. The molecular formula is C23H31ClO5. The zero-order chi connectivity index (χ0) is 21.4. The van der Waals surface area contributed by atoms with Crippen LogP contribution >= 0.6 is 11.6 Å². The molecule has 0 aliphatic carbocycles. The number of aliphatic hydroxyl groups excluding tert-OH is 3. The van der Waals surface area contributed by atoms with Gasteiger partial charge in [0.1, 0.15) is 18.0 Å². The molecule has 1 fully saturated rings. The van der Waals surface area contributed by atoms with Gasteiger partial charge in [0.15, 0.2) is 0 Å². The van der Waals surface area contributed by atoms with Crippen LogP contribution in [-0.4, -0.2) is 46.8 Å². The van der Waals surface area contributed by atoms with E-state index in [4.69, 9.17) is 21.1 Å². The second-order valence-electron chi connectivity index (χ2n) is 6.71.